The van der Waals surface area contributed by atoms with E-state index in [1.807, 2.05) is 0 Å². The van der Waals surface area contributed by atoms with Crippen LogP contribution in [0.2, 0.25) is 0 Å². The van der Waals surface area contributed by atoms with E-state index in [0.717, 1.165) is 0 Å². The lowest BCUT2D eigenvalue weighted by molar-refractivity contribution is 0.385. The van der Waals surface area contributed by atoms with Gasteiger partial charge < -0.3 is 10.6 Å². The highest BCUT2D eigenvalue weighted by molar-refractivity contribution is 5.56. The van der Waals surface area contributed by atoms with Crippen molar-refractivity contribution in [2.24, 2.45) is 5.73 Å². The summed E-state index contributed by atoms with van der Waals surface area (Å²) in [5, 5.41) is 0. The van der Waals surface area contributed by atoms with E-state index in [-0.39, 0.29) is 0 Å². The Morgan fingerprint density at radius 1 is 1.12 bits per heavy atom. The first-order valence-electron chi connectivity index (χ1n) is 6.64. The molecular formula is C15H24N2. The summed E-state index contributed by atoms with van der Waals surface area (Å²) in [5.74, 6) is 0. The van der Waals surface area contributed by atoms with Gasteiger partial charge in [-0.25, -0.2) is 0 Å². The van der Waals surface area contributed by atoms with Crippen molar-refractivity contribution < 1.29 is 0 Å². The van der Waals surface area contributed by atoms with Crippen LogP contribution in [0.3, 0.4) is 0 Å². The van der Waals surface area contributed by atoms with Crippen molar-refractivity contribution in [1.29, 1.82) is 0 Å². The summed E-state index contributed by atoms with van der Waals surface area (Å²) < 4.78 is 0. The second kappa shape index (κ2) is 5.09. The largest absolute Gasteiger partial charge is 0.371 e. The molecule has 0 spiro atoms. The van der Waals surface area contributed by atoms with Crippen LogP contribution in [0, 0.1) is 13.8 Å². The molecule has 0 radical (unpaired) electrons. The highest BCUT2D eigenvalue weighted by atomic mass is 15.1. The number of anilines is 1. The Hall–Kier alpha value is -1.02. The van der Waals surface area contributed by atoms with Crippen LogP contribution < -0.4 is 10.6 Å². The predicted molar refractivity (Wildman–Crippen MR) is 74.6 cm³/mol. The molecule has 94 valence electrons. The first-order chi connectivity index (χ1) is 8.09. The maximum absolute atomic E-state index is 5.97. The van der Waals surface area contributed by atoms with E-state index < -0.39 is 0 Å². The second-order valence-corrected chi connectivity index (χ2v) is 5.40. The van der Waals surface area contributed by atoms with Crippen LogP contribution >= 0.6 is 0 Å². The standard InChI is InChI=1S/C15H24N2/c1-11-5-4-6-15(12(11)2)17(3)14-9-7-13(16)8-10-14/h4-6,13-14H,7-10,16H2,1-3H3. The summed E-state index contributed by atoms with van der Waals surface area (Å²) in [4.78, 5) is 2.45. The van der Waals surface area contributed by atoms with E-state index in [1.165, 1.54) is 42.5 Å². The van der Waals surface area contributed by atoms with Gasteiger partial charge in [-0.15, -0.1) is 0 Å². The Labute approximate surface area is 105 Å². The van der Waals surface area contributed by atoms with Gasteiger partial charge in [-0.05, 0) is 56.7 Å². The SMILES string of the molecule is Cc1cccc(N(C)C2CCC(N)CC2)c1C. The number of aryl methyl sites for hydroxylation is 1. The molecule has 1 aliphatic carbocycles. The third-order valence-electron chi connectivity index (χ3n) is 4.25. The van der Waals surface area contributed by atoms with Crippen molar-refractivity contribution in [3.63, 3.8) is 0 Å². The molecule has 0 heterocycles. The molecule has 1 aliphatic rings. The summed E-state index contributed by atoms with van der Waals surface area (Å²) >= 11 is 0. The fourth-order valence-corrected chi connectivity index (χ4v) is 2.80. The van der Waals surface area contributed by atoms with Gasteiger partial charge in [0.15, 0.2) is 0 Å². The Morgan fingerprint density at radius 2 is 1.76 bits per heavy atom. The number of hydrogen-bond donors (Lipinski definition) is 1. The Bertz CT molecular complexity index is 379. The van der Waals surface area contributed by atoms with Crippen LogP contribution in [0.25, 0.3) is 0 Å². The maximum Gasteiger partial charge on any atom is 0.0398 e. The van der Waals surface area contributed by atoms with Crippen molar-refractivity contribution >= 4 is 5.69 Å². The minimum absolute atomic E-state index is 0.429. The first kappa shape index (κ1) is 12.4. The predicted octanol–water partition coefficient (Wildman–Crippen LogP) is 3.01. The molecule has 2 rings (SSSR count). The third-order valence-corrected chi connectivity index (χ3v) is 4.25. The van der Waals surface area contributed by atoms with Crippen LogP contribution in [-0.4, -0.2) is 19.1 Å². The van der Waals surface area contributed by atoms with Gasteiger partial charge in [-0.1, -0.05) is 12.1 Å². The second-order valence-electron chi connectivity index (χ2n) is 5.40. The van der Waals surface area contributed by atoms with E-state index in [0.29, 0.717) is 12.1 Å². The van der Waals surface area contributed by atoms with Gasteiger partial charge in [0, 0.05) is 24.8 Å². The molecule has 1 aromatic rings. The number of rotatable bonds is 2. The highest BCUT2D eigenvalue weighted by Gasteiger charge is 2.22. The Kier molecular flexibility index (Phi) is 3.72. The normalized spacial score (nSPS) is 24.7. The average molecular weight is 232 g/mol. The average Bonchev–Trinajstić information content (AvgIpc) is 2.33. The van der Waals surface area contributed by atoms with Crippen molar-refractivity contribution in [3.05, 3.63) is 29.3 Å². The molecule has 0 atom stereocenters. The molecule has 1 aromatic carbocycles. The van der Waals surface area contributed by atoms with Crippen molar-refractivity contribution in [1.82, 2.24) is 0 Å². The molecule has 0 unspecified atom stereocenters. The molecule has 2 heteroatoms. The van der Waals surface area contributed by atoms with Crippen LogP contribution in [-0.2, 0) is 0 Å². The molecule has 0 bridgehead atoms. The summed E-state index contributed by atoms with van der Waals surface area (Å²) in [5.41, 5.74) is 10.1. The van der Waals surface area contributed by atoms with Crippen LogP contribution in [0.4, 0.5) is 5.69 Å². The Morgan fingerprint density at radius 3 is 2.41 bits per heavy atom. The molecule has 17 heavy (non-hydrogen) atoms. The van der Waals surface area contributed by atoms with Gasteiger partial charge in [-0.2, -0.15) is 0 Å². The van der Waals surface area contributed by atoms with E-state index in [2.05, 4.69) is 44.0 Å². The lowest BCUT2D eigenvalue weighted by Gasteiger charge is -2.36. The first-order valence-corrected chi connectivity index (χ1v) is 6.64. The van der Waals surface area contributed by atoms with Gasteiger partial charge >= 0.3 is 0 Å². The minimum atomic E-state index is 0.429. The van der Waals surface area contributed by atoms with E-state index >= 15 is 0 Å². The van der Waals surface area contributed by atoms with E-state index in [1.54, 1.807) is 0 Å². The van der Waals surface area contributed by atoms with Gasteiger partial charge in [0.1, 0.15) is 0 Å². The number of hydrogen-bond acceptors (Lipinski definition) is 2. The monoisotopic (exact) mass is 232 g/mol. The minimum Gasteiger partial charge on any atom is -0.371 e. The zero-order chi connectivity index (χ0) is 12.4. The smallest absolute Gasteiger partial charge is 0.0398 e. The molecule has 0 aromatic heterocycles. The molecule has 1 fully saturated rings. The quantitative estimate of drug-likeness (QED) is 0.849. The lowest BCUT2D eigenvalue weighted by Crippen LogP contribution is -2.39. The fraction of sp³-hybridized carbons (Fsp3) is 0.600. The maximum atomic E-state index is 5.97. The van der Waals surface area contributed by atoms with Crippen molar-refractivity contribution in [3.8, 4) is 0 Å². The topological polar surface area (TPSA) is 29.3 Å². The van der Waals surface area contributed by atoms with Crippen molar-refractivity contribution in [2.45, 2.75) is 51.6 Å². The molecular weight excluding hydrogens is 208 g/mol. The molecule has 2 N–H and O–H groups in total. The van der Waals surface area contributed by atoms with E-state index in [9.17, 15) is 0 Å². The lowest BCUT2D eigenvalue weighted by atomic mass is 9.90. The third kappa shape index (κ3) is 2.63. The van der Waals surface area contributed by atoms with Gasteiger partial charge in [-0.3, -0.25) is 0 Å². The summed E-state index contributed by atoms with van der Waals surface area (Å²) in [7, 11) is 2.23. The van der Waals surface area contributed by atoms with Crippen LogP contribution in [0.5, 0.6) is 0 Å². The van der Waals surface area contributed by atoms with E-state index in [4.69, 9.17) is 5.73 Å². The van der Waals surface area contributed by atoms with Crippen LogP contribution in [0.15, 0.2) is 18.2 Å². The molecule has 2 nitrogen and oxygen atoms in total. The summed E-state index contributed by atoms with van der Waals surface area (Å²) in [6.45, 7) is 4.40. The van der Waals surface area contributed by atoms with Gasteiger partial charge in [0.05, 0.1) is 0 Å². The number of nitrogens with zero attached hydrogens (tertiary/aromatic N) is 1. The number of nitrogens with two attached hydrogens (primary N) is 1. The summed E-state index contributed by atoms with van der Waals surface area (Å²) in [6, 6.07) is 7.66. The Balaban J connectivity index is 2.14. The molecule has 0 amide bonds. The van der Waals surface area contributed by atoms with Crippen LogP contribution in [0.1, 0.15) is 36.8 Å². The highest BCUT2D eigenvalue weighted by Crippen LogP contribution is 2.28. The molecule has 0 aliphatic heterocycles. The number of benzene rings is 1. The zero-order valence-electron chi connectivity index (χ0n) is 11.2. The zero-order valence-corrected chi connectivity index (χ0v) is 11.2. The summed E-state index contributed by atoms with van der Waals surface area (Å²) in [6.07, 6.45) is 4.79. The fourth-order valence-electron chi connectivity index (χ4n) is 2.80. The van der Waals surface area contributed by atoms with Gasteiger partial charge in [0.2, 0.25) is 0 Å². The molecule has 1 saturated carbocycles. The van der Waals surface area contributed by atoms with Crippen molar-refractivity contribution in [2.75, 3.05) is 11.9 Å². The van der Waals surface area contributed by atoms with Gasteiger partial charge in [0.25, 0.3) is 0 Å². The molecule has 0 saturated heterocycles.